The van der Waals surface area contributed by atoms with Crippen LogP contribution in [0.1, 0.15) is 36.9 Å². The summed E-state index contributed by atoms with van der Waals surface area (Å²) in [6, 6.07) is 14.5. The molecule has 0 saturated heterocycles. The van der Waals surface area contributed by atoms with Gasteiger partial charge in [-0.3, -0.25) is 9.98 Å². The summed E-state index contributed by atoms with van der Waals surface area (Å²) in [5.74, 6) is 1.73. The molecule has 1 heterocycles. The normalized spacial score (nSPS) is 14.6. The van der Waals surface area contributed by atoms with Crippen LogP contribution in [0, 0.1) is 0 Å². The Hall–Kier alpha value is -1.83. The third-order valence-electron chi connectivity index (χ3n) is 4.42. The molecule has 2 aromatic rings. The van der Waals surface area contributed by atoms with Crippen molar-refractivity contribution in [2.45, 2.75) is 44.9 Å². The molecule has 2 N–H and O–H groups in total. The highest BCUT2D eigenvalue weighted by Gasteiger charge is 2.15. The van der Waals surface area contributed by atoms with Gasteiger partial charge in [0.05, 0.1) is 5.69 Å². The maximum Gasteiger partial charge on any atom is 0.191 e. The van der Waals surface area contributed by atoms with E-state index in [1.165, 1.54) is 31.2 Å². The Morgan fingerprint density at radius 2 is 1.92 bits per heavy atom. The molecule has 140 valence electrons. The minimum atomic E-state index is 0. The maximum absolute atomic E-state index is 5.76. The third-order valence-corrected chi connectivity index (χ3v) is 4.42. The van der Waals surface area contributed by atoms with Crippen LogP contribution >= 0.6 is 24.0 Å². The van der Waals surface area contributed by atoms with Crippen LogP contribution in [-0.4, -0.2) is 24.0 Å². The summed E-state index contributed by atoms with van der Waals surface area (Å²) in [5.41, 5.74) is 2.12. The van der Waals surface area contributed by atoms with Crippen molar-refractivity contribution in [3.63, 3.8) is 0 Å². The summed E-state index contributed by atoms with van der Waals surface area (Å²) in [4.78, 5) is 8.57. The van der Waals surface area contributed by atoms with Crippen LogP contribution in [0.4, 0.5) is 0 Å². The molecular formula is C20H27IN4O. The van der Waals surface area contributed by atoms with Crippen LogP contribution in [0.15, 0.2) is 53.7 Å². The first kappa shape index (κ1) is 20.5. The maximum atomic E-state index is 5.76. The fourth-order valence-corrected chi connectivity index (χ4v) is 2.99. The SMILES string of the molecule is CN=C(NCc1ccc(OCc2ccccn2)cc1)NC1CCCC1.I. The van der Waals surface area contributed by atoms with Gasteiger partial charge < -0.3 is 15.4 Å². The van der Waals surface area contributed by atoms with Crippen molar-refractivity contribution in [3.05, 3.63) is 59.9 Å². The number of nitrogens with zero attached hydrogens (tertiary/aromatic N) is 2. The highest BCUT2D eigenvalue weighted by atomic mass is 127. The summed E-state index contributed by atoms with van der Waals surface area (Å²) in [7, 11) is 1.82. The zero-order valence-corrected chi connectivity index (χ0v) is 17.5. The summed E-state index contributed by atoms with van der Waals surface area (Å²) in [6.07, 6.45) is 6.88. The molecule has 0 bridgehead atoms. The molecule has 0 radical (unpaired) electrons. The van der Waals surface area contributed by atoms with E-state index in [2.05, 4.69) is 32.7 Å². The first-order chi connectivity index (χ1) is 12.3. The molecule has 1 fully saturated rings. The van der Waals surface area contributed by atoms with Crippen molar-refractivity contribution < 1.29 is 4.74 Å². The van der Waals surface area contributed by atoms with E-state index in [1.807, 2.05) is 37.4 Å². The van der Waals surface area contributed by atoms with Crippen LogP contribution in [0.5, 0.6) is 5.75 Å². The first-order valence-electron chi connectivity index (χ1n) is 8.92. The lowest BCUT2D eigenvalue weighted by Gasteiger charge is -2.17. The molecule has 0 amide bonds. The van der Waals surface area contributed by atoms with Crippen LogP contribution in [0.2, 0.25) is 0 Å². The van der Waals surface area contributed by atoms with E-state index in [0.29, 0.717) is 12.6 Å². The van der Waals surface area contributed by atoms with Crippen molar-refractivity contribution in [3.8, 4) is 5.75 Å². The second-order valence-electron chi connectivity index (χ2n) is 6.31. The standard InChI is InChI=1S/C20H26N4O.HI/c1-21-20(24-17-6-2-3-7-17)23-14-16-9-11-19(12-10-16)25-15-18-8-4-5-13-22-18;/h4-5,8-13,17H,2-3,6-7,14-15H2,1H3,(H2,21,23,24);1H. The number of halogens is 1. The predicted molar refractivity (Wildman–Crippen MR) is 116 cm³/mol. The monoisotopic (exact) mass is 466 g/mol. The lowest BCUT2D eigenvalue weighted by Crippen LogP contribution is -2.41. The van der Waals surface area contributed by atoms with Gasteiger partial charge in [0.2, 0.25) is 0 Å². The molecule has 1 aliphatic carbocycles. The van der Waals surface area contributed by atoms with Gasteiger partial charge in [0.1, 0.15) is 12.4 Å². The Labute approximate surface area is 172 Å². The van der Waals surface area contributed by atoms with Crippen molar-refractivity contribution in [2.24, 2.45) is 4.99 Å². The quantitative estimate of drug-likeness (QED) is 0.386. The molecule has 5 nitrogen and oxygen atoms in total. The van der Waals surface area contributed by atoms with Crippen LogP contribution in [0.25, 0.3) is 0 Å². The molecule has 6 heteroatoms. The number of guanidine groups is 1. The second kappa shape index (κ2) is 11.0. The lowest BCUT2D eigenvalue weighted by atomic mass is 10.2. The molecule has 0 spiro atoms. The summed E-state index contributed by atoms with van der Waals surface area (Å²) < 4.78 is 5.76. The number of nitrogens with one attached hydrogen (secondary N) is 2. The van der Waals surface area contributed by atoms with Crippen LogP contribution in [-0.2, 0) is 13.2 Å². The second-order valence-corrected chi connectivity index (χ2v) is 6.31. The highest BCUT2D eigenvalue weighted by molar-refractivity contribution is 14.0. The number of ether oxygens (including phenoxy) is 1. The summed E-state index contributed by atoms with van der Waals surface area (Å²) in [5, 5.41) is 6.87. The van der Waals surface area contributed by atoms with Gasteiger partial charge in [-0.05, 0) is 42.7 Å². The van der Waals surface area contributed by atoms with Gasteiger partial charge in [-0.2, -0.15) is 0 Å². The van der Waals surface area contributed by atoms with E-state index in [9.17, 15) is 0 Å². The van der Waals surface area contributed by atoms with E-state index in [-0.39, 0.29) is 24.0 Å². The molecule has 0 atom stereocenters. The molecule has 26 heavy (non-hydrogen) atoms. The van der Waals surface area contributed by atoms with Crippen molar-refractivity contribution in [2.75, 3.05) is 7.05 Å². The first-order valence-corrected chi connectivity index (χ1v) is 8.92. The minimum Gasteiger partial charge on any atom is -0.487 e. The number of aliphatic imine (C=N–C) groups is 1. The Morgan fingerprint density at radius 1 is 1.15 bits per heavy atom. The minimum absolute atomic E-state index is 0. The number of pyridine rings is 1. The van der Waals surface area contributed by atoms with E-state index in [4.69, 9.17) is 4.74 Å². The molecule has 0 aliphatic heterocycles. The van der Waals surface area contributed by atoms with Gasteiger partial charge in [0.25, 0.3) is 0 Å². The summed E-state index contributed by atoms with van der Waals surface area (Å²) in [6.45, 7) is 1.23. The van der Waals surface area contributed by atoms with E-state index in [0.717, 1.165) is 23.9 Å². The van der Waals surface area contributed by atoms with Crippen molar-refractivity contribution in [1.29, 1.82) is 0 Å². The topological polar surface area (TPSA) is 58.5 Å². The number of benzene rings is 1. The molecule has 0 unspecified atom stereocenters. The van der Waals surface area contributed by atoms with Crippen LogP contribution < -0.4 is 15.4 Å². The molecule has 3 rings (SSSR count). The van der Waals surface area contributed by atoms with E-state index >= 15 is 0 Å². The average Bonchev–Trinajstić information content (AvgIpc) is 3.18. The molecule has 1 saturated carbocycles. The number of aromatic nitrogens is 1. The number of hydrogen-bond acceptors (Lipinski definition) is 3. The largest absolute Gasteiger partial charge is 0.487 e. The van der Waals surface area contributed by atoms with E-state index in [1.54, 1.807) is 6.20 Å². The van der Waals surface area contributed by atoms with E-state index < -0.39 is 0 Å². The van der Waals surface area contributed by atoms with Crippen molar-refractivity contribution in [1.82, 2.24) is 15.6 Å². The summed E-state index contributed by atoms with van der Waals surface area (Å²) >= 11 is 0. The zero-order valence-electron chi connectivity index (χ0n) is 15.1. The Bertz CT molecular complexity index is 670. The number of rotatable bonds is 6. The Morgan fingerprint density at radius 3 is 2.58 bits per heavy atom. The fourth-order valence-electron chi connectivity index (χ4n) is 2.99. The Balaban J connectivity index is 0.00000243. The van der Waals surface area contributed by atoms with Gasteiger partial charge in [-0.25, -0.2) is 0 Å². The van der Waals surface area contributed by atoms with Gasteiger partial charge in [0.15, 0.2) is 5.96 Å². The van der Waals surface area contributed by atoms with Gasteiger partial charge in [-0.15, -0.1) is 24.0 Å². The number of hydrogen-bond donors (Lipinski definition) is 2. The molecule has 1 aromatic carbocycles. The highest BCUT2D eigenvalue weighted by Crippen LogP contribution is 2.17. The third kappa shape index (κ3) is 6.48. The van der Waals surface area contributed by atoms with Crippen molar-refractivity contribution >= 4 is 29.9 Å². The molecule has 1 aliphatic rings. The smallest absolute Gasteiger partial charge is 0.191 e. The zero-order chi connectivity index (χ0) is 17.3. The predicted octanol–water partition coefficient (Wildman–Crippen LogP) is 3.89. The van der Waals surface area contributed by atoms with Crippen LogP contribution in [0.3, 0.4) is 0 Å². The van der Waals surface area contributed by atoms with Gasteiger partial charge >= 0.3 is 0 Å². The lowest BCUT2D eigenvalue weighted by molar-refractivity contribution is 0.301. The van der Waals surface area contributed by atoms with Gasteiger partial charge in [-0.1, -0.05) is 31.0 Å². The Kier molecular flexibility index (Phi) is 8.67. The fraction of sp³-hybridized carbons (Fsp3) is 0.400. The molecule has 1 aromatic heterocycles. The average molecular weight is 466 g/mol. The van der Waals surface area contributed by atoms with Gasteiger partial charge in [0, 0.05) is 25.8 Å². The molecular weight excluding hydrogens is 439 g/mol.